The molecule has 0 saturated heterocycles. The minimum absolute atomic E-state index is 0.0680. The highest BCUT2D eigenvalue weighted by atomic mass is 16.2. The van der Waals surface area contributed by atoms with Crippen LogP contribution in [-0.2, 0) is 4.79 Å². The second kappa shape index (κ2) is 5.48. The lowest BCUT2D eigenvalue weighted by Crippen LogP contribution is -2.44. The Labute approximate surface area is 115 Å². The van der Waals surface area contributed by atoms with Gasteiger partial charge in [0.1, 0.15) is 5.92 Å². The molecular formula is C17H21NO. The first-order chi connectivity index (χ1) is 8.96. The summed E-state index contributed by atoms with van der Waals surface area (Å²) in [6.45, 7) is 6.00. The number of carbonyl (C=O) groups excluding carboxylic acids is 1. The van der Waals surface area contributed by atoms with E-state index in [-0.39, 0.29) is 17.4 Å². The zero-order valence-corrected chi connectivity index (χ0v) is 11.9. The van der Waals surface area contributed by atoms with Gasteiger partial charge in [0.05, 0.1) is 0 Å². The fourth-order valence-electron chi connectivity index (χ4n) is 1.96. The van der Waals surface area contributed by atoms with Crippen LogP contribution in [0.2, 0.25) is 0 Å². The van der Waals surface area contributed by atoms with Gasteiger partial charge in [0.2, 0.25) is 5.91 Å². The van der Waals surface area contributed by atoms with Crippen molar-refractivity contribution in [2.24, 2.45) is 11.8 Å². The van der Waals surface area contributed by atoms with Crippen molar-refractivity contribution in [3.05, 3.63) is 35.9 Å². The lowest BCUT2D eigenvalue weighted by atomic mass is 10.00. The molecule has 0 aliphatic heterocycles. The molecule has 1 saturated carbocycles. The second-order valence-corrected chi connectivity index (χ2v) is 6.19. The summed E-state index contributed by atoms with van der Waals surface area (Å²) in [7, 11) is 0. The molecule has 0 aromatic heterocycles. The van der Waals surface area contributed by atoms with Crippen LogP contribution in [-0.4, -0.2) is 11.4 Å². The zero-order valence-electron chi connectivity index (χ0n) is 11.9. The van der Waals surface area contributed by atoms with E-state index < -0.39 is 0 Å². The molecule has 1 N–H and O–H groups in total. The standard InChI is InChI=1S/C17H21NO/c1-17(2,3)18-16(19)15(14-10-11-14)12-9-13-7-5-4-6-8-13/h4-8,14-15H,10-11H2,1-3H3,(H,18,19). The molecule has 0 heterocycles. The van der Waals surface area contributed by atoms with Gasteiger partial charge in [-0.15, -0.1) is 0 Å². The highest BCUT2D eigenvalue weighted by Gasteiger charge is 2.36. The average Bonchev–Trinajstić information content (AvgIpc) is 3.13. The van der Waals surface area contributed by atoms with Crippen LogP contribution in [0.25, 0.3) is 0 Å². The van der Waals surface area contributed by atoms with Crippen molar-refractivity contribution in [1.82, 2.24) is 5.32 Å². The number of benzene rings is 1. The molecule has 2 rings (SSSR count). The summed E-state index contributed by atoms with van der Waals surface area (Å²) >= 11 is 0. The molecule has 1 aliphatic carbocycles. The quantitative estimate of drug-likeness (QED) is 0.809. The predicted molar refractivity (Wildman–Crippen MR) is 77.4 cm³/mol. The predicted octanol–water partition coefficient (Wildman–Crippen LogP) is 2.98. The summed E-state index contributed by atoms with van der Waals surface area (Å²) in [6, 6.07) is 9.84. The first-order valence-corrected chi connectivity index (χ1v) is 6.84. The Bertz CT molecular complexity index is 498. The first kappa shape index (κ1) is 13.7. The molecule has 1 unspecified atom stereocenters. The Hall–Kier alpha value is -1.75. The fourth-order valence-corrected chi connectivity index (χ4v) is 1.96. The summed E-state index contributed by atoms with van der Waals surface area (Å²) in [4.78, 5) is 12.2. The van der Waals surface area contributed by atoms with Crippen molar-refractivity contribution < 1.29 is 4.79 Å². The molecule has 1 atom stereocenters. The van der Waals surface area contributed by atoms with Gasteiger partial charge < -0.3 is 5.32 Å². The number of amides is 1. The minimum Gasteiger partial charge on any atom is -0.350 e. The first-order valence-electron chi connectivity index (χ1n) is 6.84. The SMILES string of the molecule is CC(C)(C)NC(=O)C(C#Cc1ccccc1)C1CC1. The van der Waals surface area contributed by atoms with Gasteiger partial charge in [0.25, 0.3) is 0 Å². The molecule has 0 spiro atoms. The lowest BCUT2D eigenvalue weighted by molar-refractivity contribution is -0.125. The van der Waals surface area contributed by atoms with Gasteiger partial charge in [0, 0.05) is 11.1 Å². The fraction of sp³-hybridized carbons (Fsp3) is 0.471. The van der Waals surface area contributed by atoms with E-state index in [9.17, 15) is 4.79 Å². The topological polar surface area (TPSA) is 29.1 Å². The molecule has 1 aliphatic rings. The van der Waals surface area contributed by atoms with E-state index >= 15 is 0 Å². The number of hydrogen-bond acceptors (Lipinski definition) is 1. The summed E-state index contributed by atoms with van der Waals surface area (Å²) < 4.78 is 0. The summed E-state index contributed by atoms with van der Waals surface area (Å²) in [5.41, 5.74) is 0.773. The van der Waals surface area contributed by atoms with Gasteiger partial charge in [-0.3, -0.25) is 4.79 Å². The van der Waals surface area contributed by atoms with E-state index in [1.807, 2.05) is 51.1 Å². The Kier molecular flexibility index (Phi) is 3.95. The van der Waals surface area contributed by atoms with Crippen LogP contribution in [0, 0.1) is 23.7 Å². The summed E-state index contributed by atoms with van der Waals surface area (Å²) in [5, 5.41) is 3.04. The number of hydrogen-bond donors (Lipinski definition) is 1. The van der Waals surface area contributed by atoms with Crippen LogP contribution in [0.1, 0.15) is 39.2 Å². The van der Waals surface area contributed by atoms with Crippen molar-refractivity contribution in [1.29, 1.82) is 0 Å². The normalized spacial score (nSPS) is 16.2. The molecule has 0 bridgehead atoms. The number of nitrogens with one attached hydrogen (secondary N) is 1. The summed E-state index contributed by atoms with van der Waals surface area (Å²) in [6.07, 6.45) is 2.23. The second-order valence-electron chi connectivity index (χ2n) is 6.19. The Morgan fingerprint density at radius 3 is 2.42 bits per heavy atom. The minimum atomic E-state index is -0.196. The third kappa shape index (κ3) is 4.44. The van der Waals surface area contributed by atoms with Crippen molar-refractivity contribution in [3.63, 3.8) is 0 Å². The molecule has 1 fully saturated rings. The Morgan fingerprint density at radius 1 is 1.26 bits per heavy atom. The Morgan fingerprint density at radius 2 is 1.89 bits per heavy atom. The van der Waals surface area contributed by atoms with Crippen molar-refractivity contribution in [3.8, 4) is 11.8 Å². The van der Waals surface area contributed by atoms with E-state index in [4.69, 9.17) is 0 Å². The van der Waals surface area contributed by atoms with Gasteiger partial charge in [-0.1, -0.05) is 30.0 Å². The van der Waals surface area contributed by atoms with E-state index in [1.54, 1.807) is 0 Å². The molecule has 1 aromatic carbocycles. The van der Waals surface area contributed by atoms with Crippen molar-refractivity contribution >= 4 is 5.91 Å². The van der Waals surface area contributed by atoms with Crippen LogP contribution < -0.4 is 5.32 Å². The lowest BCUT2D eigenvalue weighted by Gasteiger charge is -2.22. The van der Waals surface area contributed by atoms with Gasteiger partial charge in [-0.25, -0.2) is 0 Å². The smallest absolute Gasteiger partial charge is 0.235 e. The third-order valence-corrected chi connectivity index (χ3v) is 3.02. The van der Waals surface area contributed by atoms with Crippen LogP contribution in [0.15, 0.2) is 30.3 Å². The average molecular weight is 255 g/mol. The highest BCUT2D eigenvalue weighted by molar-refractivity contribution is 5.83. The Balaban J connectivity index is 2.09. The molecule has 0 radical (unpaired) electrons. The molecular weight excluding hydrogens is 234 g/mol. The van der Waals surface area contributed by atoms with E-state index in [0.29, 0.717) is 5.92 Å². The van der Waals surface area contributed by atoms with Crippen LogP contribution >= 0.6 is 0 Å². The molecule has 1 aromatic rings. The van der Waals surface area contributed by atoms with Gasteiger partial charge >= 0.3 is 0 Å². The van der Waals surface area contributed by atoms with Gasteiger partial charge in [0.15, 0.2) is 0 Å². The van der Waals surface area contributed by atoms with Crippen LogP contribution in [0.5, 0.6) is 0 Å². The van der Waals surface area contributed by atoms with Crippen LogP contribution in [0.4, 0.5) is 0 Å². The highest BCUT2D eigenvalue weighted by Crippen LogP contribution is 2.36. The summed E-state index contributed by atoms with van der Waals surface area (Å²) in [5.74, 6) is 6.62. The van der Waals surface area contributed by atoms with Crippen LogP contribution in [0.3, 0.4) is 0 Å². The molecule has 19 heavy (non-hydrogen) atoms. The van der Waals surface area contributed by atoms with E-state index in [2.05, 4.69) is 17.2 Å². The van der Waals surface area contributed by atoms with Crippen molar-refractivity contribution in [2.75, 3.05) is 0 Å². The van der Waals surface area contributed by atoms with Crippen molar-refractivity contribution in [2.45, 2.75) is 39.2 Å². The third-order valence-electron chi connectivity index (χ3n) is 3.02. The van der Waals surface area contributed by atoms with E-state index in [1.165, 1.54) is 0 Å². The number of carbonyl (C=O) groups is 1. The maximum absolute atomic E-state index is 12.2. The van der Waals surface area contributed by atoms with Gasteiger partial charge in [-0.05, 0) is 51.7 Å². The maximum Gasteiger partial charge on any atom is 0.235 e. The molecule has 2 nitrogen and oxygen atoms in total. The largest absolute Gasteiger partial charge is 0.350 e. The zero-order chi connectivity index (χ0) is 13.9. The molecule has 100 valence electrons. The monoisotopic (exact) mass is 255 g/mol. The molecule has 1 amide bonds. The number of rotatable bonds is 2. The van der Waals surface area contributed by atoms with E-state index in [0.717, 1.165) is 18.4 Å². The maximum atomic E-state index is 12.2. The molecule has 2 heteroatoms. The van der Waals surface area contributed by atoms with Gasteiger partial charge in [-0.2, -0.15) is 0 Å².